The van der Waals surface area contributed by atoms with Crippen molar-refractivity contribution >= 4 is 23.5 Å². The zero-order valence-corrected chi connectivity index (χ0v) is 9.90. The summed E-state index contributed by atoms with van der Waals surface area (Å²) in [5.74, 6) is 2.84. The van der Waals surface area contributed by atoms with Gasteiger partial charge in [-0.25, -0.2) is 0 Å². The highest BCUT2D eigenvalue weighted by Crippen LogP contribution is 2.42. The summed E-state index contributed by atoms with van der Waals surface area (Å²) >= 11 is 4.29. The maximum Gasteiger partial charge on any atom is 0.0392 e. The lowest BCUT2D eigenvalue weighted by atomic mass is 9.83. The highest BCUT2D eigenvalue weighted by Gasteiger charge is 2.30. The van der Waals surface area contributed by atoms with Crippen LogP contribution in [-0.4, -0.2) is 16.6 Å². The average molecular weight is 204 g/mol. The molecular weight excluding hydrogens is 184 g/mol. The van der Waals surface area contributed by atoms with E-state index in [9.17, 15) is 0 Å². The Morgan fingerprint density at radius 2 is 1.50 bits per heavy atom. The Morgan fingerprint density at radius 3 is 1.92 bits per heavy atom. The van der Waals surface area contributed by atoms with Gasteiger partial charge in [0.2, 0.25) is 0 Å². The largest absolute Gasteiger partial charge is 0.150 e. The van der Waals surface area contributed by atoms with Crippen molar-refractivity contribution in [2.45, 2.75) is 39.5 Å². The Morgan fingerprint density at radius 1 is 1.00 bits per heavy atom. The van der Waals surface area contributed by atoms with Crippen LogP contribution in [0.3, 0.4) is 0 Å². The molecular formula is C10H20S2. The fourth-order valence-corrected chi connectivity index (χ4v) is 5.01. The maximum atomic E-state index is 2.32. The van der Waals surface area contributed by atoms with Crippen LogP contribution in [0.4, 0.5) is 0 Å². The lowest BCUT2D eigenvalue weighted by Gasteiger charge is -2.36. The average Bonchev–Trinajstić information content (AvgIpc) is 2.07. The lowest BCUT2D eigenvalue weighted by molar-refractivity contribution is 0.316. The van der Waals surface area contributed by atoms with Crippen molar-refractivity contribution < 1.29 is 0 Å². The maximum absolute atomic E-state index is 2.32. The van der Waals surface area contributed by atoms with Gasteiger partial charge in [-0.15, -0.1) is 0 Å². The van der Waals surface area contributed by atoms with Crippen LogP contribution in [0.5, 0.6) is 0 Å². The smallest absolute Gasteiger partial charge is 0.0392 e. The topological polar surface area (TPSA) is 0 Å². The normalized spacial score (nSPS) is 22.5. The fraction of sp³-hybridized carbons (Fsp3) is 1.00. The van der Waals surface area contributed by atoms with Crippen molar-refractivity contribution in [1.82, 2.24) is 0 Å². The SMILES string of the molecule is CCCC1(CCC)CSCSC1. The summed E-state index contributed by atoms with van der Waals surface area (Å²) in [6, 6.07) is 0. The molecule has 0 bridgehead atoms. The molecule has 1 aliphatic rings. The molecule has 0 amide bonds. The second-order valence-corrected chi connectivity index (χ2v) is 6.15. The molecule has 2 heteroatoms. The van der Waals surface area contributed by atoms with Crippen LogP contribution >= 0.6 is 23.5 Å². The minimum Gasteiger partial charge on any atom is -0.150 e. The summed E-state index contributed by atoms with van der Waals surface area (Å²) in [7, 11) is 0. The van der Waals surface area contributed by atoms with Gasteiger partial charge in [-0.1, -0.05) is 26.7 Å². The van der Waals surface area contributed by atoms with E-state index < -0.39 is 0 Å². The number of thioether (sulfide) groups is 2. The molecule has 0 spiro atoms. The van der Waals surface area contributed by atoms with Gasteiger partial charge in [-0.2, -0.15) is 23.5 Å². The third-order valence-corrected chi connectivity index (χ3v) is 5.51. The molecule has 0 aromatic carbocycles. The number of hydrogen-bond acceptors (Lipinski definition) is 2. The van der Waals surface area contributed by atoms with Crippen molar-refractivity contribution in [1.29, 1.82) is 0 Å². The first kappa shape index (κ1) is 10.8. The highest BCUT2D eigenvalue weighted by atomic mass is 32.2. The van der Waals surface area contributed by atoms with E-state index >= 15 is 0 Å². The Labute approximate surface area is 85.3 Å². The monoisotopic (exact) mass is 204 g/mol. The van der Waals surface area contributed by atoms with Gasteiger partial charge in [0.05, 0.1) is 0 Å². The van der Waals surface area contributed by atoms with Crippen LogP contribution in [-0.2, 0) is 0 Å². The first-order chi connectivity index (χ1) is 5.83. The van der Waals surface area contributed by atoms with Gasteiger partial charge in [0, 0.05) is 16.6 Å². The lowest BCUT2D eigenvalue weighted by Crippen LogP contribution is -2.29. The van der Waals surface area contributed by atoms with Gasteiger partial charge in [0.15, 0.2) is 0 Å². The van der Waals surface area contributed by atoms with Crippen LogP contribution in [0, 0.1) is 5.41 Å². The molecule has 0 atom stereocenters. The molecule has 1 aliphatic heterocycles. The molecule has 1 saturated heterocycles. The van der Waals surface area contributed by atoms with Crippen LogP contribution in [0.2, 0.25) is 0 Å². The quantitative estimate of drug-likeness (QED) is 0.678. The third kappa shape index (κ3) is 2.88. The van der Waals surface area contributed by atoms with Crippen molar-refractivity contribution in [2.75, 3.05) is 16.6 Å². The molecule has 0 unspecified atom stereocenters. The molecule has 1 heterocycles. The van der Waals surface area contributed by atoms with Gasteiger partial charge < -0.3 is 0 Å². The molecule has 0 N–H and O–H groups in total. The van der Waals surface area contributed by atoms with Gasteiger partial charge in [-0.05, 0) is 18.3 Å². The predicted molar refractivity (Wildman–Crippen MR) is 62.0 cm³/mol. The van der Waals surface area contributed by atoms with Crippen LogP contribution < -0.4 is 0 Å². The number of rotatable bonds is 4. The minimum atomic E-state index is 0.705. The van der Waals surface area contributed by atoms with E-state index in [1.54, 1.807) is 0 Å². The van der Waals surface area contributed by atoms with E-state index in [0.29, 0.717) is 5.41 Å². The molecule has 0 aromatic heterocycles. The van der Waals surface area contributed by atoms with Crippen LogP contribution in [0.15, 0.2) is 0 Å². The van der Waals surface area contributed by atoms with Crippen molar-refractivity contribution in [3.8, 4) is 0 Å². The summed E-state index contributed by atoms with van der Waals surface area (Å²) in [6.45, 7) is 4.64. The van der Waals surface area contributed by atoms with E-state index in [2.05, 4.69) is 37.4 Å². The second kappa shape index (κ2) is 5.43. The first-order valence-electron chi connectivity index (χ1n) is 4.98. The highest BCUT2D eigenvalue weighted by molar-refractivity contribution is 8.16. The Hall–Kier alpha value is 0.700. The summed E-state index contributed by atoms with van der Waals surface area (Å²) in [6.07, 6.45) is 5.62. The van der Waals surface area contributed by atoms with E-state index in [-0.39, 0.29) is 0 Å². The summed E-state index contributed by atoms with van der Waals surface area (Å²) in [5, 5.41) is 1.33. The van der Waals surface area contributed by atoms with Crippen molar-refractivity contribution in [2.24, 2.45) is 5.41 Å². The molecule has 1 rings (SSSR count). The molecule has 0 aromatic rings. The fourth-order valence-electron chi connectivity index (χ4n) is 2.09. The zero-order chi connectivity index (χ0) is 8.86. The Bertz CT molecular complexity index is 101. The zero-order valence-electron chi connectivity index (χ0n) is 8.27. The van der Waals surface area contributed by atoms with E-state index in [1.807, 2.05) is 0 Å². The minimum absolute atomic E-state index is 0.705. The van der Waals surface area contributed by atoms with Gasteiger partial charge in [0.1, 0.15) is 0 Å². The van der Waals surface area contributed by atoms with E-state index in [0.717, 1.165) is 0 Å². The molecule has 0 nitrogen and oxygen atoms in total. The molecule has 0 radical (unpaired) electrons. The third-order valence-electron chi connectivity index (χ3n) is 2.54. The summed E-state index contributed by atoms with van der Waals surface area (Å²) in [4.78, 5) is 0. The van der Waals surface area contributed by atoms with Crippen molar-refractivity contribution in [3.63, 3.8) is 0 Å². The van der Waals surface area contributed by atoms with Gasteiger partial charge >= 0.3 is 0 Å². The molecule has 72 valence electrons. The van der Waals surface area contributed by atoms with E-state index in [4.69, 9.17) is 0 Å². The molecule has 12 heavy (non-hydrogen) atoms. The molecule has 0 saturated carbocycles. The van der Waals surface area contributed by atoms with Crippen LogP contribution in [0.1, 0.15) is 39.5 Å². The number of hydrogen-bond donors (Lipinski definition) is 0. The molecule has 1 fully saturated rings. The Kier molecular flexibility index (Phi) is 4.88. The van der Waals surface area contributed by atoms with Crippen LogP contribution in [0.25, 0.3) is 0 Å². The standard InChI is InChI=1S/C10H20S2/c1-3-5-10(6-4-2)7-11-9-12-8-10/h3-9H2,1-2H3. The Balaban J connectivity index is 2.44. The van der Waals surface area contributed by atoms with Crippen molar-refractivity contribution in [3.05, 3.63) is 0 Å². The molecule has 0 aliphatic carbocycles. The van der Waals surface area contributed by atoms with E-state index in [1.165, 1.54) is 42.3 Å². The summed E-state index contributed by atoms with van der Waals surface area (Å²) < 4.78 is 0. The first-order valence-corrected chi connectivity index (χ1v) is 7.29. The predicted octanol–water partition coefficient (Wildman–Crippen LogP) is 4.01. The second-order valence-electron chi connectivity index (χ2n) is 3.81. The summed E-state index contributed by atoms with van der Waals surface area (Å²) in [5.41, 5.74) is 0.705. The van der Waals surface area contributed by atoms with Gasteiger partial charge in [-0.3, -0.25) is 0 Å². The van der Waals surface area contributed by atoms with Gasteiger partial charge in [0.25, 0.3) is 0 Å².